The second-order valence-corrected chi connectivity index (χ2v) is 6.88. The van der Waals surface area contributed by atoms with E-state index in [9.17, 15) is 4.79 Å². The summed E-state index contributed by atoms with van der Waals surface area (Å²) in [5.74, 6) is 4.17. The van der Waals surface area contributed by atoms with Gasteiger partial charge in [-0.15, -0.1) is 0 Å². The van der Waals surface area contributed by atoms with E-state index in [4.69, 9.17) is 4.74 Å². The molecular weight excluding hydrogens is 284 g/mol. The summed E-state index contributed by atoms with van der Waals surface area (Å²) in [6.07, 6.45) is 2.46. The minimum Gasteiger partial charge on any atom is -0.497 e. The Bertz CT molecular complexity index is 486. The Morgan fingerprint density at radius 2 is 2.00 bits per heavy atom. The summed E-state index contributed by atoms with van der Waals surface area (Å²) in [5, 5.41) is 3.33. The normalized spacial score (nSPS) is 23.6. The van der Waals surface area contributed by atoms with Crippen LogP contribution >= 0.6 is 11.8 Å². The van der Waals surface area contributed by atoms with Crippen molar-refractivity contribution in [3.8, 4) is 5.75 Å². The molecule has 1 aromatic rings. The molecule has 114 valence electrons. The minimum absolute atomic E-state index is 0.0120. The van der Waals surface area contributed by atoms with Gasteiger partial charge >= 0.3 is 0 Å². The molecule has 2 heterocycles. The van der Waals surface area contributed by atoms with Crippen LogP contribution in [0.4, 0.5) is 0 Å². The summed E-state index contributed by atoms with van der Waals surface area (Å²) < 4.78 is 5.20. The molecule has 1 aromatic carbocycles. The first-order valence-corrected chi connectivity index (χ1v) is 8.68. The highest BCUT2D eigenvalue weighted by molar-refractivity contribution is 7.99. The number of hydrogen-bond donors (Lipinski definition) is 1. The van der Waals surface area contributed by atoms with E-state index in [1.165, 1.54) is 24.3 Å². The van der Waals surface area contributed by atoms with E-state index in [2.05, 4.69) is 5.32 Å². The molecule has 0 aromatic heterocycles. The van der Waals surface area contributed by atoms with Gasteiger partial charge in [0.05, 0.1) is 13.7 Å². The number of carbonyl (C=O) groups is 1. The molecule has 21 heavy (non-hydrogen) atoms. The molecule has 0 radical (unpaired) electrons. The van der Waals surface area contributed by atoms with E-state index < -0.39 is 0 Å². The smallest absolute Gasteiger partial charge is 0.238 e. The van der Waals surface area contributed by atoms with Gasteiger partial charge in [-0.2, -0.15) is 11.8 Å². The lowest BCUT2D eigenvalue weighted by Gasteiger charge is -2.30. The van der Waals surface area contributed by atoms with Crippen LogP contribution in [-0.2, 0) is 4.79 Å². The van der Waals surface area contributed by atoms with Crippen LogP contribution in [0.25, 0.3) is 0 Å². The molecule has 1 amide bonds. The zero-order valence-corrected chi connectivity index (χ0v) is 13.2. The molecule has 0 aliphatic carbocycles. The number of thioether (sulfide) groups is 1. The molecule has 1 unspecified atom stereocenters. The Morgan fingerprint density at radius 3 is 2.67 bits per heavy atom. The van der Waals surface area contributed by atoms with Crippen LogP contribution in [0, 0.1) is 5.92 Å². The van der Waals surface area contributed by atoms with Gasteiger partial charge in [0.25, 0.3) is 0 Å². The average molecular weight is 306 g/mol. The molecule has 1 atom stereocenters. The Hall–Kier alpha value is -1.20. The number of carbonyl (C=O) groups excluding carboxylic acids is 1. The molecule has 2 aliphatic heterocycles. The minimum atomic E-state index is 0.0120. The predicted molar refractivity (Wildman–Crippen MR) is 85.5 cm³/mol. The number of rotatable bonds is 4. The molecule has 1 N–H and O–H groups in total. The van der Waals surface area contributed by atoms with Gasteiger partial charge in [0, 0.05) is 6.54 Å². The van der Waals surface area contributed by atoms with Crippen LogP contribution < -0.4 is 10.1 Å². The van der Waals surface area contributed by atoms with E-state index in [0.717, 1.165) is 17.9 Å². The van der Waals surface area contributed by atoms with E-state index in [0.29, 0.717) is 12.5 Å². The van der Waals surface area contributed by atoms with Gasteiger partial charge in [-0.25, -0.2) is 0 Å². The Balaban J connectivity index is 1.71. The summed E-state index contributed by atoms with van der Waals surface area (Å²) >= 11 is 2.03. The van der Waals surface area contributed by atoms with Crippen LogP contribution in [0.1, 0.15) is 24.6 Å². The number of methoxy groups -OCH3 is 1. The second kappa shape index (κ2) is 6.71. The number of benzene rings is 1. The molecule has 3 rings (SSSR count). The molecular formula is C16H22N2O2S. The zero-order chi connectivity index (χ0) is 14.7. The van der Waals surface area contributed by atoms with Gasteiger partial charge in [-0.1, -0.05) is 12.1 Å². The standard InChI is InChI=1S/C16H22N2O2S/c1-20-14-4-2-13(3-5-14)16-17-10-15(19)18(16)11-12-6-8-21-9-7-12/h2-5,12,16-17H,6-11H2,1H3. The average Bonchev–Trinajstić information content (AvgIpc) is 2.90. The van der Waals surface area contributed by atoms with Crippen molar-refractivity contribution in [2.24, 2.45) is 5.92 Å². The molecule has 0 saturated carbocycles. The van der Waals surface area contributed by atoms with Crippen LogP contribution in [0.2, 0.25) is 0 Å². The molecule has 0 spiro atoms. The van der Waals surface area contributed by atoms with Gasteiger partial charge < -0.3 is 9.64 Å². The quantitative estimate of drug-likeness (QED) is 0.926. The van der Waals surface area contributed by atoms with Crippen molar-refractivity contribution in [1.29, 1.82) is 0 Å². The molecule has 2 saturated heterocycles. The fourth-order valence-electron chi connectivity index (χ4n) is 3.04. The molecule has 5 heteroatoms. The number of nitrogens with zero attached hydrogens (tertiary/aromatic N) is 1. The first-order chi connectivity index (χ1) is 10.3. The Kier molecular flexibility index (Phi) is 4.70. The summed E-state index contributed by atoms with van der Waals surface area (Å²) in [5.41, 5.74) is 1.13. The van der Waals surface area contributed by atoms with E-state index in [1.807, 2.05) is 40.9 Å². The SMILES string of the molecule is COc1ccc(C2NCC(=O)N2CC2CCSCC2)cc1. The van der Waals surface area contributed by atoms with Crippen molar-refractivity contribution in [3.05, 3.63) is 29.8 Å². The molecule has 2 aliphatic rings. The van der Waals surface area contributed by atoms with Gasteiger partial charge in [-0.05, 0) is 48.0 Å². The van der Waals surface area contributed by atoms with Gasteiger partial charge in [0.2, 0.25) is 5.91 Å². The van der Waals surface area contributed by atoms with E-state index in [-0.39, 0.29) is 12.1 Å². The molecule has 2 fully saturated rings. The molecule has 0 bridgehead atoms. The maximum atomic E-state index is 12.2. The van der Waals surface area contributed by atoms with Crippen molar-refractivity contribution >= 4 is 17.7 Å². The van der Waals surface area contributed by atoms with Crippen LogP contribution in [-0.4, -0.2) is 42.5 Å². The van der Waals surface area contributed by atoms with Gasteiger partial charge in [0.15, 0.2) is 0 Å². The third-order valence-electron chi connectivity index (χ3n) is 4.31. The largest absolute Gasteiger partial charge is 0.497 e. The number of ether oxygens (including phenoxy) is 1. The summed E-state index contributed by atoms with van der Waals surface area (Å²) in [7, 11) is 1.67. The number of nitrogens with one attached hydrogen (secondary N) is 1. The van der Waals surface area contributed by atoms with Crippen LogP contribution in [0.3, 0.4) is 0 Å². The van der Waals surface area contributed by atoms with E-state index >= 15 is 0 Å². The van der Waals surface area contributed by atoms with Gasteiger partial charge in [0.1, 0.15) is 11.9 Å². The fraction of sp³-hybridized carbons (Fsp3) is 0.562. The van der Waals surface area contributed by atoms with Crippen LogP contribution in [0.15, 0.2) is 24.3 Å². The molecule has 4 nitrogen and oxygen atoms in total. The lowest BCUT2D eigenvalue weighted by atomic mass is 10.0. The van der Waals surface area contributed by atoms with Crippen molar-refractivity contribution < 1.29 is 9.53 Å². The predicted octanol–water partition coefficient (Wildman–Crippen LogP) is 2.27. The van der Waals surface area contributed by atoms with Crippen LogP contribution in [0.5, 0.6) is 5.75 Å². The summed E-state index contributed by atoms with van der Waals surface area (Å²) in [6.45, 7) is 1.32. The highest BCUT2D eigenvalue weighted by atomic mass is 32.2. The zero-order valence-electron chi connectivity index (χ0n) is 12.4. The van der Waals surface area contributed by atoms with Crippen molar-refractivity contribution in [1.82, 2.24) is 10.2 Å². The topological polar surface area (TPSA) is 41.6 Å². The first-order valence-electron chi connectivity index (χ1n) is 7.52. The van der Waals surface area contributed by atoms with Crippen molar-refractivity contribution in [3.63, 3.8) is 0 Å². The van der Waals surface area contributed by atoms with Crippen molar-refractivity contribution in [2.75, 3.05) is 31.7 Å². The highest BCUT2D eigenvalue weighted by Gasteiger charge is 2.33. The third kappa shape index (κ3) is 3.35. The fourth-order valence-corrected chi connectivity index (χ4v) is 4.24. The monoisotopic (exact) mass is 306 g/mol. The number of hydrogen-bond acceptors (Lipinski definition) is 4. The van der Waals surface area contributed by atoms with Gasteiger partial charge in [-0.3, -0.25) is 10.1 Å². The van der Waals surface area contributed by atoms with Crippen molar-refractivity contribution in [2.45, 2.75) is 19.0 Å². The Labute approximate surface area is 130 Å². The maximum absolute atomic E-state index is 12.2. The Morgan fingerprint density at radius 1 is 1.29 bits per heavy atom. The summed E-state index contributed by atoms with van der Waals surface area (Å²) in [4.78, 5) is 14.2. The third-order valence-corrected chi connectivity index (χ3v) is 5.35. The second-order valence-electron chi connectivity index (χ2n) is 5.66. The maximum Gasteiger partial charge on any atom is 0.238 e. The highest BCUT2D eigenvalue weighted by Crippen LogP contribution is 2.29. The lowest BCUT2D eigenvalue weighted by molar-refractivity contribution is -0.128. The van der Waals surface area contributed by atoms with E-state index in [1.54, 1.807) is 7.11 Å². The lowest BCUT2D eigenvalue weighted by Crippen LogP contribution is -2.35. The first kappa shape index (κ1) is 14.7. The summed E-state index contributed by atoms with van der Waals surface area (Å²) in [6, 6.07) is 7.99. The number of amides is 1.